The molecule has 8 heteroatoms. The van der Waals surface area contributed by atoms with Gasteiger partial charge in [-0.05, 0) is 43.0 Å². The van der Waals surface area contributed by atoms with Crippen LogP contribution in [0.4, 0.5) is 0 Å². The first-order valence-electron chi connectivity index (χ1n) is 11.2. The molecule has 2 fully saturated rings. The van der Waals surface area contributed by atoms with Crippen molar-refractivity contribution in [3.05, 3.63) is 64.5 Å². The van der Waals surface area contributed by atoms with Crippen LogP contribution in [-0.4, -0.2) is 43.0 Å². The van der Waals surface area contributed by atoms with Crippen LogP contribution in [0.1, 0.15) is 36.6 Å². The van der Waals surface area contributed by atoms with Crippen LogP contribution in [0.3, 0.4) is 0 Å². The van der Waals surface area contributed by atoms with Gasteiger partial charge < -0.3 is 9.47 Å². The Balaban J connectivity index is 1.59. The Kier molecular flexibility index (Phi) is 4.34. The Morgan fingerprint density at radius 2 is 2.00 bits per heavy atom. The van der Waals surface area contributed by atoms with Gasteiger partial charge in [0, 0.05) is 50.1 Å². The maximum absolute atomic E-state index is 12.8. The molecule has 2 aliphatic rings. The number of benzene rings is 1. The zero-order valence-corrected chi connectivity index (χ0v) is 18.2. The van der Waals surface area contributed by atoms with Gasteiger partial charge in [0.1, 0.15) is 11.3 Å². The molecule has 1 saturated heterocycles. The molecular weight excluding hydrogens is 416 g/mol. The zero-order valence-electron chi connectivity index (χ0n) is 18.2. The molecular formula is C25H22N6O2. The summed E-state index contributed by atoms with van der Waals surface area (Å²) in [6.07, 6.45) is 6.33. The Morgan fingerprint density at radius 3 is 2.76 bits per heavy atom. The van der Waals surface area contributed by atoms with Crippen molar-refractivity contribution in [2.24, 2.45) is 13.0 Å². The van der Waals surface area contributed by atoms with E-state index in [1.807, 2.05) is 21.6 Å². The summed E-state index contributed by atoms with van der Waals surface area (Å²) < 4.78 is 3.58. The summed E-state index contributed by atoms with van der Waals surface area (Å²) in [7, 11) is 1.72. The molecule has 1 aliphatic heterocycles. The van der Waals surface area contributed by atoms with E-state index in [0.29, 0.717) is 30.0 Å². The molecule has 1 aliphatic carbocycles. The van der Waals surface area contributed by atoms with Crippen LogP contribution in [0.2, 0.25) is 0 Å². The first kappa shape index (κ1) is 19.7. The van der Waals surface area contributed by atoms with E-state index in [0.717, 1.165) is 34.5 Å². The summed E-state index contributed by atoms with van der Waals surface area (Å²) in [6, 6.07) is 10.9. The number of carbonyl (C=O) groups excluding carboxylic acids is 1. The summed E-state index contributed by atoms with van der Waals surface area (Å²) in [5.74, 6) is 1.52. The minimum atomic E-state index is -0.102. The highest BCUT2D eigenvalue weighted by atomic mass is 16.2. The number of hydrogen-bond donors (Lipinski definition) is 0. The number of carbonyl (C=O) groups is 1. The fourth-order valence-corrected chi connectivity index (χ4v) is 4.82. The second-order valence-electron chi connectivity index (χ2n) is 9.12. The third-order valence-electron chi connectivity index (χ3n) is 6.72. The lowest BCUT2D eigenvalue weighted by molar-refractivity contribution is -0.127. The lowest BCUT2D eigenvalue weighted by atomic mass is 10.1. The molecule has 6 rings (SSSR count). The number of imidazole rings is 1. The highest BCUT2D eigenvalue weighted by molar-refractivity contribution is 6.03. The number of hydrogen-bond acceptors (Lipinski definition) is 5. The predicted molar refractivity (Wildman–Crippen MR) is 123 cm³/mol. The summed E-state index contributed by atoms with van der Waals surface area (Å²) in [6.45, 7) is 1.46. The molecule has 1 amide bonds. The van der Waals surface area contributed by atoms with Crippen molar-refractivity contribution in [2.75, 3.05) is 13.1 Å². The van der Waals surface area contributed by atoms with E-state index in [1.165, 1.54) is 23.5 Å². The van der Waals surface area contributed by atoms with E-state index >= 15 is 0 Å². The number of aromatic nitrogens is 4. The van der Waals surface area contributed by atoms with Crippen molar-refractivity contribution >= 4 is 27.8 Å². The van der Waals surface area contributed by atoms with Crippen LogP contribution in [0.15, 0.2) is 47.5 Å². The van der Waals surface area contributed by atoms with Crippen LogP contribution in [-0.2, 0) is 11.8 Å². The van der Waals surface area contributed by atoms with Crippen LogP contribution >= 0.6 is 0 Å². The van der Waals surface area contributed by atoms with Gasteiger partial charge in [-0.2, -0.15) is 5.26 Å². The average Bonchev–Trinajstić information content (AvgIpc) is 3.44. The Bertz CT molecular complexity index is 1540. The molecule has 4 aromatic rings. The number of rotatable bonds is 4. The molecule has 4 heterocycles. The standard InChI is InChI=1S/C25H22N6O2/c1-29-14-18(5-7-22(29)32)31-24-19-8-16(10-26)4-6-20(19)27-11-21(24)28-25(31)17-9-23(33)30(13-17)12-15-2-3-15/h4-8,11,14-15,17H,2-3,9,12-13H2,1H3. The normalized spacial score (nSPS) is 18.4. The van der Waals surface area contributed by atoms with E-state index in [9.17, 15) is 14.9 Å². The monoisotopic (exact) mass is 438 g/mol. The highest BCUT2D eigenvalue weighted by Gasteiger charge is 2.37. The summed E-state index contributed by atoms with van der Waals surface area (Å²) in [5, 5.41) is 10.3. The molecule has 1 saturated carbocycles. The van der Waals surface area contributed by atoms with Crippen LogP contribution in [0.25, 0.3) is 27.6 Å². The van der Waals surface area contributed by atoms with E-state index in [-0.39, 0.29) is 17.4 Å². The van der Waals surface area contributed by atoms with Crippen LogP contribution in [0, 0.1) is 17.2 Å². The van der Waals surface area contributed by atoms with Gasteiger partial charge in [-0.15, -0.1) is 0 Å². The fraction of sp³-hybridized carbons (Fsp3) is 0.320. The molecule has 0 N–H and O–H groups in total. The van der Waals surface area contributed by atoms with Gasteiger partial charge in [-0.3, -0.25) is 19.1 Å². The lowest BCUT2D eigenvalue weighted by Crippen LogP contribution is -2.27. The zero-order chi connectivity index (χ0) is 22.7. The van der Waals surface area contributed by atoms with Gasteiger partial charge in [0.25, 0.3) is 0 Å². The molecule has 1 atom stereocenters. The van der Waals surface area contributed by atoms with Gasteiger partial charge in [0.15, 0.2) is 0 Å². The van der Waals surface area contributed by atoms with E-state index in [2.05, 4.69) is 11.1 Å². The lowest BCUT2D eigenvalue weighted by Gasteiger charge is -2.17. The van der Waals surface area contributed by atoms with Crippen molar-refractivity contribution in [3.8, 4) is 11.8 Å². The van der Waals surface area contributed by atoms with Crippen molar-refractivity contribution in [1.29, 1.82) is 5.26 Å². The van der Waals surface area contributed by atoms with Crippen molar-refractivity contribution < 1.29 is 4.79 Å². The largest absolute Gasteiger partial charge is 0.342 e. The predicted octanol–water partition coefficient (Wildman–Crippen LogP) is 2.87. The fourth-order valence-electron chi connectivity index (χ4n) is 4.82. The molecule has 0 spiro atoms. The molecule has 1 aromatic carbocycles. The second-order valence-corrected chi connectivity index (χ2v) is 9.12. The van der Waals surface area contributed by atoms with E-state index in [4.69, 9.17) is 4.98 Å². The smallest absolute Gasteiger partial charge is 0.250 e. The Hall–Kier alpha value is -3.99. The summed E-state index contributed by atoms with van der Waals surface area (Å²) in [5.41, 5.74) is 3.52. The number of pyridine rings is 2. The Labute approximate surface area is 189 Å². The number of likely N-dealkylation sites (tertiary alicyclic amines) is 1. The van der Waals surface area contributed by atoms with Crippen LogP contribution < -0.4 is 5.56 Å². The average molecular weight is 438 g/mol. The van der Waals surface area contributed by atoms with E-state index < -0.39 is 0 Å². The molecule has 3 aromatic heterocycles. The minimum Gasteiger partial charge on any atom is -0.342 e. The highest BCUT2D eigenvalue weighted by Crippen LogP contribution is 2.37. The van der Waals surface area contributed by atoms with Gasteiger partial charge in [-0.1, -0.05) is 0 Å². The molecule has 0 bridgehead atoms. The first-order valence-corrected chi connectivity index (χ1v) is 11.2. The molecule has 1 unspecified atom stereocenters. The van der Waals surface area contributed by atoms with Gasteiger partial charge in [0.2, 0.25) is 11.5 Å². The number of amides is 1. The topological polar surface area (TPSA) is 96.8 Å². The maximum Gasteiger partial charge on any atom is 0.250 e. The summed E-state index contributed by atoms with van der Waals surface area (Å²) >= 11 is 0. The third-order valence-corrected chi connectivity index (χ3v) is 6.72. The third kappa shape index (κ3) is 3.28. The summed E-state index contributed by atoms with van der Waals surface area (Å²) in [4.78, 5) is 36.3. The maximum atomic E-state index is 12.8. The molecule has 8 nitrogen and oxygen atoms in total. The first-order chi connectivity index (χ1) is 16.0. The Morgan fingerprint density at radius 1 is 1.15 bits per heavy atom. The van der Waals surface area contributed by atoms with Crippen molar-refractivity contribution in [3.63, 3.8) is 0 Å². The second kappa shape index (κ2) is 7.27. The van der Waals surface area contributed by atoms with Crippen molar-refractivity contribution in [2.45, 2.75) is 25.2 Å². The quantitative estimate of drug-likeness (QED) is 0.488. The number of nitrogens with zero attached hydrogens (tertiary/aromatic N) is 6. The number of aryl methyl sites for hydroxylation is 1. The molecule has 0 radical (unpaired) electrons. The molecule has 33 heavy (non-hydrogen) atoms. The van der Waals surface area contributed by atoms with E-state index in [1.54, 1.807) is 31.6 Å². The molecule has 164 valence electrons. The van der Waals surface area contributed by atoms with Crippen LogP contribution in [0.5, 0.6) is 0 Å². The van der Waals surface area contributed by atoms with Crippen molar-refractivity contribution in [1.82, 2.24) is 24.0 Å². The number of nitriles is 1. The van der Waals surface area contributed by atoms with Gasteiger partial charge >= 0.3 is 0 Å². The van der Waals surface area contributed by atoms with Gasteiger partial charge in [0.05, 0.1) is 34.6 Å². The van der Waals surface area contributed by atoms with Gasteiger partial charge in [-0.25, -0.2) is 4.98 Å². The number of fused-ring (bicyclic) bond motifs is 3. The SMILES string of the molecule is Cn1cc(-n2c(C3CC(=O)N(CC4CC4)C3)nc3cnc4ccc(C#N)cc4c32)ccc1=O. The minimum absolute atomic E-state index is 0.0601.